The predicted molar refractivity (Wildman–Crippen MR) is 63.3 cm³/mol. The topological polar surface area (TPSA) is 69.6 Å². The molecule has 0 unspecified atom stereocenters. The first-order chi connectivity index (χ1) is 8.00. The van der Waals surface area contributed by atoms with E-state index in [1.807, 2.05) is 19.0 Å². The lowest BCUT2D eigenvalue weighted by atomic mass is 10.0. The fraction of sp³-hybridized carbons (Fsp3) is 0.333. The van der Waals surface area contributed by atoms with Crippen LogP contribution >= 0.6 is 0 Å². The number of ketones is 1. The number of anilines is 1. The first kappa shape index (κ1) is 11.6. The average Bonchev–Trinajstić information content (AvgIpc) is 2.56. The maximum atomic E-state index is 11.7. The Bertz CT molecular complexity index is 495. The number of phenolic OH excluding ortho intramolecular Hbond substituents is 1. The number of benzene rings is 1. The molecule has 1 amide bonds. The predicted octanol–water partition coefficient (Wildman–Crippen LogP) is 0.631. The molecular weight excluding hydrogens is 220 g/mol. The summed E-state index contributed by atoms with van der Waals surface area (Å²) >= 11 is 0. The minimum absolute atomic E-state index is 0.0622. The molecule has 1 aromatic rings. The van der Waals surface area contributed by atoms with Crippen molar-refractivity contribution >= 4 is 17.4 Å². The van der Waals surface area contributed by atoms with Crippen molar-refractivity contribution in [2.75, 3.05) is 26.0 Å². The molecule has 2 N–H and O–H groups in total. The molecule has 0 fully saturated rings. The van der Waals surface area contributed by atoms with E-state index in [1.54, 1.807) is 6.07 Å². The lowest BCUT2D eigenvalue weighted by molar-refractivity contribution is -0.112. The normalized spacial score (nSPS) is 14.1. The van der Waals surface area contributed by atoms with Crippen molar-refractivity contribution < 1.29 is 14.7 Å². The summed E-state index contributed by atoms with van der Waals surface area (Å²) in [6.07, 6.45) is 0.663. The van der Waals surface area contributed by atoms with Gasteiger partial charge in [0.05, 0.1) is 11.3 Å². The lowest BCUT2D eigenvalue weighted by Crippen LogP contribution is -2.17. The van der Waals surface area contributed by atoms with Gasteiger partial charge in [0.1, 0.15) is 5.75 Å². The van der Waals surface area contributed by atoms with Crippen LogP contribution in [0.15, 0.2) is 12.1 Å². The number of nitrogens with one attached hydrogen (secondary N) is 1. The van der Waals surface area contributed by atoms with Crippen LogP contribution in [0.5, 0.6) is 5.75 Å². The van der Waals surface area contributed by atoms with Gasteiger partial charge in [-0.1, -0.05) is 6.07 Å². The van der Waals surface area contributed by atoms with Gasteiger partial charge in [0.2, 0.25) is 0 Å². The van der Waals surface area contributed by atoms with Crippen molar-refractivity contribution in [1.29, 1.82) is 0 Å². The Morgan fingerprint density at radius 3 is 2.65 bits per heavy atom. The number of amides is 1. The van der Waals surface area contributed by atoms with Crippen molar-refractivity contribution in [3.63, 3.8) is 0 Å². The SMILES string of the molecule is CN(C)CCc1ccc(O)c2c1C(=O)C(=O)N2. The number of carbonyl (C=O) groups excluding carboxylic acids is 2. The molecule has 0 saturated heterocycles. The van der Waals surface area contributed by atoms with Crippen LogP contribution in [-0.4, -0.2) is 42.3 Å². The van der Waals surface area contributed by atoms with Gasteiger partial charge in [-0.05, 0) is 32.1 Å². The van der Waals surface area contributed by atoms with E-state index >= 15 is 0 Å². The molecule has 5 nitrogen and oxygen atoms in total. The quantitative estimate of drug-likeness (QED) is 0.594. The third-order valence-electron chi connectivity index (χ3n) is 2.77. The van der Waals surface area contributed by atoms with E-state index in [2.05, 4.69) is 5.32 Å². The van der Waals surface area contributed by atoms with Gasteiger partial charge < -0.3 is 15.3 Å². The van der Waals surface area contributed by atoms with Gasteiger partial charge in [0, 0.05) is 6.54 Å². The van der Waals surface area contributed by atoms with Gasteiger partial charge >= 0.3 is 0 Å². The summed E-state index contributed by atoms with van der Waals surface area (Å²) in [6, 6.07) is 3.19. The van der Waals surface area contributed by atoms with Crippen molar-refractivity contribution in [2.45, 2.75) is 6.42 Å². The number of phenols is 1. The summed E-state index contributed by atoms with van der Waals surface area (Å²) in [4.78, 5) is 25.0. The molecule has 1 aliphatic heterocycles. The largest absolute Gasteiger partial charge is 0.506 e. The molecule has 0 bridgehead atoms. The van der Waals surface area contributed by atoms with Crippen LogP contribution in [0.4, 0.5) is 5.69 Å². The third kappa shape index (κ3) is 2.01. The lowest BCUT2D eigenvalue weighted by Gasteiger charge is -2.11. The molecule has 0 atom stereocenters. The van der Waals surface area contributed by atoms with E-state index in [4.69, 9.17) is 0 Å². The second kappa shape index (κ2) is 4.18. The minimum Gasteiger partial charge on any atom is -0.506 e. The molecule has 2 rings (SSSR count). The number of Topliss-reactive ketones (excluding diaryl/α,β-unsaturated/α-hetero) is 1. The van der Waals surface area contributed by atoms with Gasteiger partial charge in [-0.2, -0.15) is 0 Å². The summed E-state index contributed by atoms with van der Waals surface area (Å²) < 4.78 is 0. The molecular formula is C12H14N2O3. The van der Waals surface area contributed by atoms with Crippen LogP contribution in [0.25, 0.3) is 0 Å². The molecule has 1 heterocycles. The van der Waals surface area contributed by atoms with Crippen molar-refractivity contribution in [3.05, 3.63) is 23.3 Å². The maximum absolute atomic E-state index is 11.7. The Morgan fingerprint density at radius 1 is 1.29 bits per heavy atom. The Morgan fingerprint density at radius 2 is 2.00 bits per heavy atom. The second-order valence-electron chi connectivity index (χ2n) is 4.33. The number of carbonyl (C=O) groups is 2. The van der Waals surface area contributed by atoms with Gasteiger partial charge in [-0.3, -0.25) is 9.59 Å². The number of fused-ring (bicyclic) bond motifs is 1. The van der Waals surface area contributed by atoms with Gasteiger partial charge in [-0.15, -0.1) is 0 Å². The molecule has 1 aromatic carbocycles. The van der Waals surface area contributed by atoms with E-state index in [9.17, 15) is 14.7 Å². The van der Waals surface area contributed by atoms with Crippen LogP contribution in [-0.2, 0) is 11.2 Å². The second-order valence-corrected chi connectivity index (χ2v) is 4.33. The Kier molecular flexibility index (Phi) is 2.85. The monoisotopic (exact) mass is 234 g/mol. The van der Waals surface area contributed by atoms with Gasteiger partial charge in [-0.25, -0.2) is 0 Å². The van der Waals surface area contributed by atoms with Crippen molar-refractivity contribution in [2.24, 2.45) is 0 Å². The average molecular weight is 234 g/mol. The van der Waals surface area contributed by atoms with E-state index in [-0.39, 0.29) is 11.4 Å². The molecule has 17 heavy (non-hydrogen) atoms. The zero-order valence-corrected chi connectivity index (χ0v) is 9.78. The zero-order chi connectivity index (χ0) is 12.6. The summed E-state index contributed by atoms with van der Waals surface area (Å²) in [5.41, 5.74) is 1.35. The molecule has 1 aliphatic rings. The molecule has 90 valence electrons. The molecule has 0 saturated carbocycles. The Balaban J connectivity index is 2.40. The molecule has 0 aromatic heterocycles. The van der Waals surface area contributed by atoms with Crippen LogP contribution in [0.2, 0.25) is 0 Å². The molecule has 0 radical (unpaired) electrons. The third-order valence-corrected chi connectivity index (χ3v) is 2.77. The molecule has 0 aliphatic carbocycles. The van der Waals surface area contributed by atoms with Crippen LogP contribution in [0.3, 0.4) is 0 Å². The van der Waals surface area contributed by atoms with E-state index in [1.165, 1.54) is 6.07 Å². The Labute approximate surface area is 99.0 Å². The van der Waals surface area contributed by atoms with E-state index < -0.39 is 11.7 Å². The highest BCUT2D eigenvalue weighted by Crippen LogP contribution is 2.34. The minimum atomic E-state index is -0.674. The van der Waals surface area contributed by atoms with Gasteiger partial charge in [0.25, 0.3) is 11.7 Å². The summed E-state index contributed by atoms with van der Waals surface area (Å²) in [6.45, 7) is 0.776. The first-order valence-electron chi connectivity index (χ1n) is 5.36. The number of nitrogens with zero attached hydrogens (tertiary/aromatic N) is 1. The standard InChI is InChI=1S/C12H14N2O3/c1-14(2)6-5-7-3-4-8(15)10-9(7)11(16)12(17)13-10/h3-4,15H,5-6H2,1-2H3,(H,13,16,17). The Hall–Kier alpha value is -1.88. The fourth-order valence-electron chi connectivity index (χ4n) is 1.86. The van der Waals surface area contributed by atoms with Crippen molar-refractivity contribution in [3.8, 4) is 5.75 Å². The van der Waals surface area contributed by atoms with Crippen LogP contribution in [0.1, 0.15) is 15.9 Å². The molecule has 0 spiro atoms. The molecule has 5 heteroatoms. The number of rotatable bonds is 3. The summed E-state index contributed by atoms with van der Waals surface area (Å²) in [7, 11) is 3.87. The number of hydrogen-bond donors (Lipinski definition) is 2. The smallest absolute Gasteiger partial charge is 0.296 e. The van der Waals surface area contributed by atoms with Crippen LogP contribution < -0.4 is 5.32 Å². The van der Waals surface area contributed by atoms with E-state index in [0.717, 1.165) is 12.1 Å². The number of likely N-dealkylation sites (N-methyl/N-ethyl adjacent to an activating group) is 1. The summed E-state index contributed by atoms with van der Waals surface area (Å²) in [5, 5.41) is 12.0. The highest BCUT2D eigenvalue weighted by atomic mass is 16.3. The van der Waals surface area contributed by atoms with E-state index in [0.29, 0.717) is 12.0 Å². The highest BCUT2D eigenvalue weighted by Gasteiger charge is 2.32. The van der Waals surface area contributed by atoms with Crippen molar-refractivity contribution in [1.82, 2.24) is 4.90 Å². The fourth-order valence-corrected chi connectivity index (χ4v) is 1.86. The maximum Gasteiger partial charge on any atom is 0.296 e. The first-order valence-corrected chi connectivity index (χ1v) is 5.36. The highest BCUT2D eigenvalue weighted by molar-refractivity contribution is 6.52. The number of hydrogen-bond acceptors (Lipinski definition) is 4. The zero-order valence-electron chi connectivity index (χ0n) is 9.78. The summed E-state index contributed by atoms with van der Waals surface area (Å²) in [5.74, 6) is -1.30. The van der Waals surface area contributed by atoms with Crippen LogP contribution in [0, 0.1) is 0 Å². The van der Waals surface area contributed by atoms with Gasteiger partial charge in [0.15, 0.2) is 0 Å². The number of aromatic hydroxyl groups is 1.